The van der Waals surface area contributed by atoms with Gasteiger partial charge in [0.25, 0.3) is 0 Å². The molecule has 5 heteroatoms. The van der Waals surface area contributed by atoms with Gasteiger partial charge in [-0.05, 0) is 69.5 Å². The third-order valence-corrected chi connectivity index (χ3v) is 8.46. The highest BCUT2D eigenvalue weighted by molar-refractivity contribution is 5.64. The molecule has 2 saturated carbocycles. The van der Waals surface area contributed by atoms with Crippen LogP contribution in [0.5, 0.6) is 11.5 Å². The van der Waals surface area contributed by atoms with E-state index in [2.05, 4.69) is 11.8 Å². The van der Waals surface area contributed by atoms with Gasteiger partial charge < -0.3 is 20.7 Å². The van der Waals surface area contributed by atoms with E-state index in [1.165, 1.54) is 18.4 Å². The van der Waals surface area contributed by atoms with E-state index in [-0.39, 0.29) is 17.8 Å². The van der Waals surface area contributed by atoms with Gasteiger partial charge in [-0.1, -0.05) is 6.07 Å². The monoisotopic (exact) mass is 356 g/mol. The third-order valence-electron chi connectivity index (χ3n) is 8.46. The smallest absolute Gasteiger partial charge is 0.166 e. The lowest BCUT2D eigenvalue weighted by atomic mass is 9.44. The maximum atomic E-state index is 12.2. The van der Waals surface area contributed by atoms with Gasteiger partial charge in [0.15, 0.2) is 11.5 Å². The molecule has 6 rings (SSSR count). The summed E-state index contributed by atoms with van der Waals surface area (Å²) >= 11 is 0. The summed E-state index contributed by atoms with van der Waals surface area (Å²) in [5.41, 5.74) is 6.87. The molecule has 3 aliphatic carbocycles. The van der Waals surface area contributed by atoms with Crippen molar-refractivity contribution in [2.24, 2.45) is 11.7 Å². The van der Waals surface area contributed by atoms with Gasteiger partial charge in [-0.3, -0.25) is 4.90 Å². The van der Waals surface area contributed by atoms with Crippen LogP contribution in [0, 0.1) is 5.92 Å². The van der Waals surface area contributed by atoms with Crippen LogP contribution in [-0.2, 0) is 11.8 Å². The summed E-state index contributed by atoms with van der Waals surface area (Å²) < 4.78 is 6.45. The van der Waals surface area contributed by atoms with Crippen molar-refractivity contribution in [3.05, 3.63) is 23.3 Å². The number of phenolic OH excluding ortho intramolecular Hbond substituents is 1. The zero-order valence-electron chi connectivity index (χ0n) is 15.4. The molecule has 4 N–H and O–H groups in total. The number of aliphatic hydroxyl groups is 1. The molecule has 26 heavy (non-hydrogen) atoms. The highest BCUT2D eigenvalue weighted by atomic mass is 16.5. The van der Waals surface area contributed by atoms with Crippen molar-refractivity contribution in [3.8, 4) is 11.5 Å². The molecule has 0 aromatic heterocycles. The second kappa shape index (κ2) is 4.57. The highest BCUT2D eigenvalue weighted by Crippen LogP contribution is 2.69. The molecule has 2 aliphatic heterocycles. The van der Waals surface area contributed by atoms with Gasteiger partial charge in [0, 0.05) is 24.2 Å². The van der Waals surface area contributed by atoms with E-state index in [9.17, 15) is 10.2 Å². The first-order valence-electron chi connectivity index (χ1n) is 10.2. The lowest BCUT2D eigenvalue weighted by molar-refractivity contribution is -0.216. The Balaban J connectivity index is 1.60. The summed E-state index contributed by atoms with van der Waals surface area (Å²) in [4.78, 5) is 2.55. The second-order valence-electron chi connectivity index (χ2n) is 9.54. The van der Waals surface area contributed by atoms with Crippen molar-refractivity contribution in [2.45, 2.75) is 74.1 Å². The van der Waals surface area contributed by atoms with Crippen LogP contribution < -0.4 is 10.5 Å². The Kier molecular flexibility index (Phi) is 2.76. The Bertz CT molecular complexity index is 809. The van der Waals surface area contributed by atoms with E-state index in [1.54, 1.807) is 6.07 Å². The molecule has 5 atom stereocenters. The molecule has 3 fully saturated rings. The largest absolute Gasteiger partial charge is 0.504 e. The number of piperidine rings is 1. The normalized spacial score (nSPS) is 46.0. The fourth-order valence-corrected chi connectivity index (χ4v) is 6.97. The van der Waals surface area contributed by atoms with Gasteiger partial charge in [-0.2, -0.15) is 0 Å². The topological polar surface area (TPSA) is 79.0 Å². The molecule has 5 nitrogen and oxygen atoms in total. The van der Waals surface area contributed by atoms with Gasteiger partial charge in [-0.15, -0.1) is 0 Å². The molecule has 0 radical (unpaired) electrons. The minimum Gasteiger partial charge on any atom is -0.504 e. The predicted molar refractivity (Wildman–Crippen MR) is 97.4 cm³/mol. The zero-order valence-corrected chi connectivity index (χ0v) is 15.4. The lowest BCUT2D eigenvalue weighted by Crippen LogP contribution is -2.81. The predicted octanol–water partition coefficient (Wildman–Crippen LogP) is 1.67. The van der Waals surface area contributed by atoms with Crippen molar-refractivity contribution in [1.82, 2.24) is 4.90 Å². The molecule has 1 aromatic rings. The average molecular weight is 356 g/mol. The van der Waals surface area contributed by atoms with Gasteiger partial charge in [0.2, 0.25) is 0 Å². The number of nitrogens with two attached hydrogens (primary N) is 1. The lowest BCUT2D eigenvalue weighted by Gasteiger charge is -2.67. The Labute approximate surface area is 154 Å². The number of phenols is 1. The summed E-state index contributed by atoms with van der Waals surface area (Å²) in [6.45, 7) is 4.15. The number of benzene rings is 1. The molecular formula is C21H28N2O3. The quantitative estimate of drug-likeness (QED) is 0.751. The van der Waals surface area contributed by atoms with E-state index in [4.69, 9.17) is 10.5 Å². The maximum absolute atomic E-state index is 12.2. The zero-order chi connectivity index (χ0) is 17.9. The van der Waals surface area contributed by atoms with E-state index in [1.807, 2.05) is 6.07 Å². The van der Waals surface area contributed by atoms with Crippen LogP contribution in [-0.4, -0.2) is 51.5 Å². The maximum Gasteiger partial charge on any atom is 0.166 e. The number of aromatic hydroxyl groups is 1. The minimum absolute atomic E-state index is 0.121. The average Bonchev–Trinajstić information content (AvgIpc) is 3.36. The first-order valence-corrected chi connectivity index (χ1v) is 10.2. The Hall–Kier alpha value is -1.30. The second-order valence-corrected chi connectivity index (χ2v) is 9.54. The van der Waals surface area contributed by atoms with Gasteiger partial charge in [0.05, 0.1) is 11.0 Å². The van der Waals surface area contributed by atoms with Gasteiger partial charge in [-0.25, -0.2) is 0 Å². The summed E-state index contributed by atoms with van der Waals surface area (Å²) in [7, 11) is 0. The molecule has 1 spiro atoms. The SMILES string of the molecule is C[C@]12Oc3c(O)ccc4c3[C@@]13CCN(CC1CC1)[C@H](C4)[C@]3(O)CC[C@@H]2N. The summed E-state index contributed by atoms with van der Waals surface area (Å²) in [5, 5.41) is 22.7. The Morgan fingerprint density at radius 2 is 2.08 bits per heavy atom. The number of ether oxygens (including phenoxy) is 1. The molecule has 1 aromatic carbocycles. The fraction of sp³-hybridized carbons (Fsp3) is 0.714. The van der Waals surface area contributed by atoms with E-state index in [0.29, 0.717) is 12.2 Å². The number of likely N-dealkylation sites (tertiary alicyclic amines) is 1. The molecule has 2 bridgehead atoms. The van der Waals surface area contributed by atoms with Crippen LogP contribution in [0.4, 0.5) is 0 Å². The Morgan fingerprint density at radius 1 is 1.27 bits per heavy atom. The van der Waals surface area contributed by atoms with Crippen LogP contribution >= 0.6 is 0 Å². The van der Waals surface area contributed by atoms with Crippen LogP contribution in [0.3, 0.4) is 0 Å². The summed E-state index contributed by atoms with van der Waals surface area (Å²) in [6.07, 6.45) is 5.81. The van der Waals surface area contributed by atoms with Crippen molar-refractivity contribution >= 4 is 0 Å². The molecular weight excluding hydrogens is 328 g/mol. The highest BCUT2D eigenvalue weighted by Gasteiger charge is 2.77. The number of nitrogens with zero attached hydrogens (tertiary/aromatic N) is 1. The number of rotatable bonds is 2. The molecule has 0 unspecified atom stereocenters. The summed E-state index contributed by atoms with van der Waals surface area (Å²) in [6, 6.07) is 3.77. The van der Waals surface area contributed by atoms with Crippen LogP contribution in [0.1, 0.15) is 50.2 Å². The van der Waals surface area contributed by atoms with Crippen molar-refractivity contribution in [3.63, 3.8) is 0 Å². The first kappa shape index (κ1) is 15.7. The van der Waals surface area contributed by atoms with E-state index < -0.39 is 16.6 Å². The minimum atomic E-state index is -0.837. The third kappa shape index (κ3) is 1.53. The van der Waals surface area contributed by atoms with Gasteiger partial charge in [0.1, 0.15) is 5.60 Å². The van der Waals surface area contributed by atoms with Crippen LogP contribution in [0.2, 0.25) is 0 Å². The van der Waals surface area contributed by atoms with Crippen LogP contribution in [0.15, 0.2) is 12.1 Å². The number of hydrogen-bond acceptors (Lipinski definition) is 5. The summed E-state index contributed by atoms with van der Waals surface area (Å²) in [5.74, 6) is 1.57. The standard InChI is InChI=1S/C21H28N2O3/c1-19-15(22)6-7-21(25)16-10-13-4-5-14(24)18(26-19)17(13)20(19,21)8-9-23(16)11-12-2-3-12/h4-5,12,15-16,24-25H,2-3,6-11,22H2,1H3/t15-,16+,19+,20-,21+/m0/s1. The number of hydrogen-bond donors (Lipinski definition) is 3. The fourth-order valence-electron chi connectivity index (χ4n) is 6.97. The van der Waals surface area contributed by atoms with E-state index >= 15 is 0 Å². The first-order chi connectivity index (χ1) is 12.4. The molecule has 1 saturated heterocycles. The Morgan fingerprint density at radius 3 is 2.85 bits per heavy atom. The van der Waals surface area contributed by atoms with Crippen LogP contribution in [0.25, 0.3) is 0 Å². The molecule has 2 heterocycles. The van der Waals surface area contributed by atoms with Crippen molar-refractivity contribution < 1.29 is 14.9 Å². The van der Waals surface area contributed by atoms with Crippen molar-refractivity contribution in [2.75, 3.05) is 13.1 Å². The molecule has 5 aliphatic rings. The van der Waals surface area contributed by atoms with Crippen molar-refractivity contribution in [1.29, 1.82) is 0 Å². The molecule has 140 valence electrons. The van der Waals surface area contributed by atoms with E-state index in [0.717, 1.165) is 43.8 Å². The van der Waals surface area contributed by atoms with Gasteiger partial charge >= 0.3 is 0 Å². The molecule has 0 amide bonds.